The highest BCUT2D eigenvalue weighted by Crippen LogP contribution is 2.77. The average molecular weight is 572 g/mol. The van der Waals surface area contributed by atoms with Crippen LogP contribution in [0.4, 0.5) is 0 Å². The largest absolute Gasteiger partial charge is 0.550 e. The Bertz CT molecular complexity index is 1350. The van der Waals surface area contributed by atoms with Gasteiger partial charge >= 0.3 is 0 Å². The first-order chi connectivity index (χ1) is 19.7. The lowest BCUT2D eigenvalue weighted by Gasteiger charge is -2.72. The molecule has 42 heavy (non-hydrogen) atoms. The molecule has 9 atom stereocenters. The molecule has 9 unspecified atom stereocenters. The number of carbonyl (C=O) groups is 2. The van der Waals surface area contributed by atoms with Gasteiger partial charge in [0.1, 0.15) is 5.75 Å². The van der Waals surface area contributed by atoms with Crippen molar-refractivity contribution in [3.8, 4) is 5.75 Å². The summed E-state index contributed by atoms with van der Waals surface area (Å²) in [6.07, 6.45) is 10.5. The Labute approximate surface area is 253 Å². The molecule has 1 aromatic rings. The van der Waals surface area contributed by atoms with Crippen molar-refractivity contribution >= 4 is 17.8 Å². The van der Waals surface area contributed by atoms with Crippen LogP contribution in [0.25, 0.3) is 6.08 Å². The normalized spacial score (nSPS) is 44.9. The standard InChI is InChI=1S/C38H52O4/c1-23(2)26-15-18-38(33(40)41)20-19-36(6)27(31(26)38)13-14-30-35(5)22-25(21-24-11-9-10-12-28(24)42-8)32(39)34(3,4)29(35)16-17-37(30,36)7/h9-12,21,26-27,29-31H,1,13-20,22H2,2-8H3,(H,40,41)/p-1. The molecule has 5 saturated carbocycles. The molecule has 1 aromatic carbocycles. The molecule has 4 heteroatoms. The van der Waals surface area contributed by atoms with Crippen molar-refractivity contribution in [2.24, 2.45) is 56.7 Å². The molecule has 0 saturated heterocycles. The number of benzene rings is 1. The van der Waals surface area contributed by atoms with Crippen LogP contribution in [0, 0.1) is 56.7 Å². The minimum absolute atomic E-state index is 0.0153. The Morgan fingerprint density at radius 3 is 2.33 bits per heavy atom. The van der Waals surface area contributed by atoms with Gasteiger partial charge < -0.3 is 14.6 Å². The number of para-hydroxylation sites is 1. The molecule has 0 N–H and O–H groups in total. The minimum atomic E-state index is -0.820. The molecule has 5 fully saturated rings. The zero-order chi connectivity index (χ0) is 30.5. The predicted octanol–water partition coefficient (Wildman–Crippen LogP) is 7.67. The number of Topliss-reactive ketones (excluding diaryl/α,β-unsaturated/α-hetero) is 1. The third-order valence-corrected chi connectivity index (χ3v) is 14.5. The number of carboxylic acid groups (broad SMARTS) is 1. The molecule has 0 radical (unpaired) electrons. The van der Waals surface area contributed by atoms with Crippen LogP contribution in [0.1, 0.15) is 105 Å². The van der Waals surface area contributed by atoms with Crippen molar-refractivity contribution in [1.29, 1.82) is 0 Å². The maximum absolute atomic E-state index is 14.1. The fraction of sp³-hybridized carbons (Fsp3) is 0.684. The first kappa shape index (κ1) is 29.7. The number of methoxy groups -OCH3 is 1. The fourth-order valence-electron chi connectivity index (χ4n) is 12.4. The van der Waals surface area contributed by atoms with E-state index in [0.717, 1.165) is 80.2 Å². The number of hydrogen-bond acceptors (Lipinski definition) is 4. The van der Waals surface area contributed by atoms with Gasteiger partial charge in [-0.1, -0.05) is 65.0 Å². The van der Waals surface area contributed by atoms with Crippen LogP contribution in [-0.2, 0) is 9.59 Å². The summed E-state index contributed by atoms with van der Waals surface area (Å²) in [5.74, 6) is 1.80. The third-order valence-electron chi connectivity index (χ3n) is 14.5. The average Bonchev–Trinajstić information content (AvgIpc) is 3.34. The molecule has 0 aromatic heterocycles. The summed E-state index contributed by atoms with van der Waals surface area (Å²) >= 11 is 0. The molecule has 0 aliphatic heterocycles. The second kappa shape index (κ2) is 9.57. The topological polar surface area (TPSA) is 66.4 Å². The van der Waals surface area contributed by atoms with Crippen molar-refractivity contribution in [2.45, 2.75) is 99.3 Å². The zero-order valence-corrected chi connectivity index (χ0v) is 27.0. The van der Waals surface area contributed by atoms with Crippen LogP contribution in [0.15, 0.2) is 42.0 Å². The number of hydrogen-bond donors (Lipinski definition) is 0. The van der Waals surface area contributed by atoms with Gasteiger partial charge in [-0.05, 0) is 128 Å². The number of aliphatic carboxylic acids is 1. The van der Waals surface area contributed by atoms with E-state index in [9.17, 15) is 14.7 Å². The van der Waals surface area contributed by atoms with Gasteiger partial charge in [0.25, 0.3) is 0 Å². The number of fused-ring (bicyclic) bond motifs is 7. The van der Waals surface area contributed by atoms with Gasteiger partial charge in [-0.15, -0.1) is 0 Å². The zero-order valence-electron chi connectivity index (χ0n) is 27.0. The molecule has 0 bridgehead atoms. The van der Waals surface area contributed by atoms with Gasteiger partial charge in [0.05, 0.1) is 7.11 Å². The fourth-order valence-corrected chi connectivity index (χ4v) is 12.4. The quantitative estimate of drug-likeness (QED) is 0.275. The maximum Gasteiger partial charge on any atom is 0.164 e. The Morgan fingerprint density at radius 1 is 0.952 bits per heavy atom. The molecule has 5 aliphatic rings. The van der Waals surface area contributed by atoms with Crippen LogP contribution < -0.4 is 9.84 Å². The van der Waals surface area contributed by atoms with Crippen LogP contribution in [-0.4, -0.2) is 18.9 Å². The lowest BCUT2D eigenvalue weighted by atomic mass is 9.32. The summed E-state index contributed by atoms with van der Waals surface area (Å²) in [6.45, 7) is 18.4. The van der Waals surface area contributed by atoms with Crippen molar-refractivity contribution in [3.05, 3.63) is 47.6 Å². The van der Waals surface area contributed by atoms with Crippen molar-refractivity contribution in [3.63, 3.8) is 0 Å². The van der Waals surface area contributed by atoms with E-state index in [0.29, 0.717) is 17.8 Å². The van der Waals surface area contributed by atoms with E-state index < -0.39 is 16.8 Å². The Morgan fingerprint density at radius 2 is 1.67 bits per heavy atom. The summed E-state index contributed by atoms with van der Waals surface area (Å²) in [5, 5.41) is 12.9. The number of carbonyl (C=O) groups excluding carboxylic acids is 2. The SMILES string of the molecule is C=C(C)C1CCC2(C(=O)[O-])CCC3(C)C(CCC4C5(C)CC(=Cc6ccccc6OC)C(=O)C(C)(C)C5CCC43C)C12. The number of ether oxygens (including phenoxy) is 1. The summed E-state index contributed by atoms with van der Waals surface area (Å²) in [4.78, 5) is 27.0. The van der Waals surface area contributed by atoms with Gasteiger partial charge in [-0.2, -0.15) is 0 Å². The van der Waals surface area contributed by atoms with Gasteiger partial charge in [0.15, 0.2) is 5.78 Å². The third kappa shape index (κ3) is 3.71. The number of rotatable bonds is 4. The van der Waals surface area contributed by atoms with Crippen LogP contribution in [0.2, 0.25) is 0 Å². The molecular formula is C38H51O4-. The van der Waals surface area contributed by atoms with Gasteiger partial charge in [0, 0.05) is 22.4 Å². The number of carboxylic acids is 1. The van der Waals surface area contributed by atoms with Crippen LogP contribution >= 0.6 is 0 Å². The van der Waals surface area contributed by atoms with E-state index in [-0.39, 0.29) is 33.9 Å². The van der Waals surface area contributed by atoms with Gasteiger partial charge in [-0.25, -0.2) is 0 Å². The molecule has 0 spiro atoms. The maximum atomic E-state index is 14.1. The first-order valence-corrected chi connectivity index (χ1v) is 16.4. The van der Waals surface area contributed by atoms with Gasteiger partial charge in [-0.3, -0.25) is 4.79 Å². The minimum Gasteiger partial charge on any atom is -0.550 e. The molecule has 4 nitrogen and oxygen atoms in total. The lowest BCUT2D eigenvalue weighted by molar-refractivity contribution is -0.329. The van der Waals surface area contributed by atoms with Crippen molar-refractivity contribution in [2.75, 3.05) is 7.11 Å². The van der Waals surface area contributed by atoms with E-state index in [2.05, 4.69) is 54.2 Å². The second-order valence-corrected chi connectivity index (χ2v) is 16.3. The van der Waals surface area contributed by atoms with Crippen molar-refractivity contribution < 1.29 is 19.4 Å². The molecule has 0 amide bonds. The summed E-state index contributed by atoms with van der Waals surface area (Å²) in [7, 11) is 1.69. The smallest absolute Gasteiger partial charge is 0.164 e. The first-order valence-electron chi connectivity index (χ1n) is 16.4. The van der Waals surface area contributed by atoms with E-state index in [1.165, 1.54) is 0 Å². The van der Waals surface area contributed by atoms with E-state index in [1.807, 2.05) is 24.3 Å². The summed E-state index contributed by atoms with van der Waals surface area (Å²) < 4.78 is 5.66. The van der Waals surface area contributed by atoms with E-state index >= 15 is 0 Å². The van der Waals surface area contributed by atoms with E-state index in [1.54, 1.807) is 7.11 Å². The lowest BCUT2D eigenvalue weighted by Crippen LogP contribution is -2.67. The predicted molar refractivity (Wildman–Crippen MR) is 165 cm³/mol. The summed E-state index contributed by atoms with van der Waals surface area (Å²) in [5.41, 5.74) is 2.00. The Hall–Kier alpha value is -2.36. The highest BCUT2D eigenvalue weighted by atomic mass is 16.5. The molecular weight excluding hydrogens is 520 g/mol. The van der Waals surface area contributed by atoms with Crippen LogP contribution in [0.3, 0.4) is 0 Å². The van der Waals surface area contributed by atoms with Crippen LogP contribution in [0.5, 0.6) is 5.75 Å². The number of ketones is 1. The highest BCUT2D eigenvalue weighted by molar-refractivity contribution is 6.04. The Kier molecular flexibility index (Phi) is 6.77. The van der Waals surface area contributed by atoms with Crippen molar-refractivity contribution in [1.82, 2.24) is 0 Å². The summed E-state index contributed by atoms with van der Waals surface area (Å²) in [6, 6.07) is 7.99. The number of allylic oxidation sites excluding steroid dienone is 2. The highest BCUT2D eigenvalue weighted by Gasteiger charge is 2.71. The van der Waals surface area contributed by atoms with Gasteiger partial charge in [0.2, 0.25) is 0 Å². The monoisotopic (exact) mass is 571 g/mol. The molecule has 228 valence electrons. The molecule has 5 aliphatic carbocycles. The Balaban J connectivity index is 1.42. The second-order valence-electron chi connectivity index (χ2n) is 16.3. The molecule has 6 rings (SSSR count). The van der Waals surface area contributed by atoms with E-state index in [4.69, 9.17) is 4.74 Å². The molecule has 0 heterocycles.